The SMILES string of the molecule is CCn1c(-c2ccc(Cl)cc2Cl)nc(C)c1C(=O)Oc1ccc(Cl)cc1. The number of aryl methyl sites for hydroxylation is 1. The van der Waals surface area contributed by atoms with Gasteiger partial charge < -0.3 is 9.30 Å². The van der Waals surface area contributed by atoms with Crippen molar-refractivity contribution in [2.24, 2.45) is 0 Å². The highest BCUT2D eigenvalue weighted by molar-refractivity contribution is 6.36. The highest BCUT2D eigenvalue weighted by Gasteiger charge is 2.23. The molecule has 0 saturated carbocycles. The van der Waals surface area contributed by atoms with Gasteiger partial charge in [0.05, 0.1) is 10.7 Å². The van der Waals surface area contributed by atoms with Crippen molar-refractivity contribution < 1.29 is 9.53 Å². The van der Waals surface area contributed by atoms with Crippen LogP contribution in [0.15, 0.2) is 42.5 Å². The lowest BCUT2D eigenvalue weighted by atomic mass is 10.2. The number of ether oxygens (including phenoxy) is 1. The molecular weight excluding hydrogens is 395 g/mol. The molecule has 0 amide bonds. The quantitative estimate of drug-likeness (QED) is 0.389. The van der Waals surface area contributed by atoms with E-state index >= 15 is 0 Å². The fourth-order valence-corrected chi connectivity index (χ4v) is 3.29. The molecule has 0 atom stereocenters. The molecule has 0 N–H and O–H groups in total. The molecule has 0 aliphatic heterocycles. The first kappa shape index (κ1) is 18.8. The zero-order valence-corrected chi connectivity index (χ0v) is 16.4. The summed E-state index contributed by atoms with van der Waals surface area (Å²) < 4.78 is 7.25. The van der Waals surface area contributed by atoms with Gasteiger partial charge in [0.2, 0.25) is 0 Å². The van der Waals surface area contributed by atoms with E-state index in [4.69, 9.17) is 39.5 Å². The first-order valence-corrected chi connectivity index (χ1v) is 9.04. The largest absolute Gasteiger partial charge is 0.422 e. The molecule has 1 heterocycles. The van der Waals surface area contributed by atoms with Crippen molar-refractivity contribution in [2.45, 2.75) is 20.4 Å². The zero-order chi connectivity index (χ0) is 18.8. The van der Waals surface area contributed by atoms with Crippen molar-refractivity contribution in [1.29, 1.82) is 0 Å². The van der Waals surface area contributed by atoms with Crippen molar-refractivity contribution in [2.75, 3.05) is 0 Å². The Hall–Kier alpha value is -2.01. The highest BCUT2D eigenvalue weighted by Crippen LogP contribution is 2.31. The van der Waals surface area contributed by atoms with E-state index in [1.165, 1.54) is 0 Å². The predicted molar refractivity (Wildman–Crippen MR) is 105 cm³/mol. The van der Waals surface area contributed by atoms with Crippen molar-refractivity contribution in [1.82, 2.24) is 9.55 Å². The number of imidazole rings is 1. The molecule has 3 rings (SSSR count). The first-order chi connectivity index (χ1) is 12.4. The summed E-state index contributed by atoms with van der Waals surface area (Å²) in [4.78, 5) is 17.2. The van der Waals surface area contributed by atoms with Crippen LogP contribution in [0.2, 0.25) is 15.1 Å². The minimum atomic E-state index is -0.490. The van der Waals surface area contributed by atoms with Gasteiger partial charge in [-0.25, -0.2) is 9.78 Å². The summed E-state index contributed by atoms with van der Waals surface area (Å²) in [6.07, 6.45) is 0. The molecule has 3 aromatic rings. The van der Waals surface area contributed by atoms with Crippen LogP contribution in [0.4, 0.5) is 0 Å². The lowest BCUT2D eigenvalue weighted by Crippen LogP contribution is -2.16. The molecular formula is C19H15Cl3N2O2. The molecule has 0 fully saturated rings. The number of carbonyl (C=O) groups excluding carboxylic acids is 1. The number of carbonyl (C=O) groups is 1. The summed E-state index contributed by atoms with van der Waals surface area (Å²) >= 11 is 18.1. The van der Waals surface area contributed by atoms with Gasteiger partial charge in [-0.1, -0.05) is 34.8 Å². The number of nitrogens with zero attached hydrogens (tertiary/aromatic N) is 2. The molecule has 7 heteroatoms. The first-order valence-electron chi connectivity index (χ1n) is 7.91. The van der Waals surface area contributed by atoms with Crippen LogP contribution >= 0.6 is 34.8 Å². The maximum absolute atomic E-state index is 12.7. The molecule has 134 valence electrons. The second kappa shape index (κ2) is 7.70. The Morgan fingerprint density at radius 2 is 1.73 bits per heavy atom. The van der Waals surface area contributed by atoms with Crippen LogP contribution in [0.1, 0.15) is 23.1 Å². The summed E-state index contributed by atoms with van der Waals surface area (Å²) in [5, 5.41) is 1.57. The lowest BCUT2D eigenvalue weighted by Gasteiger charge is -2.11. The Balaban J connectivity index is 2.01. The molecule has 2 aromatic carbocycles. The second-order valence-corrected chi connectivity index (χ2v) is 6.86. The van der Waals surface area contributed by atoms with Crippen LogP contribution in [-0.2, 0) is 6.54 Å². The molecule has 0 spiro atoms. The van der Waals surface area contributed by atoms with Crippen LogP contribution in [0.25, 0.3) is 11.4 Å². The fourth-order valence-electron chi connectivity index (χ4n) is 2.67. The Kier molecular flexibility index (Phi) is 5.56. The van der Waals surface area contributed by atoms with Gasteiger partial charge in [-0.15, -0.1) is 0 Å². The average molecular weight is 410 g/mol. The Morgan fingerprint density at radius 1 is 1.08 bits per heavy atom. The minimum absolute atomic E-state index is 0.378. The number of hydrogen-bond donors (Lipinski definition) is 0. The number of halogens is 3. The molecule has 0 unspecified atom stereocenters. The maximum Gasteiger partial charge on any atom is 0.362 e. The van der Waals surface area contributed by atoms with Gasteiger partial charge in [0, 0.05) is 22.2 Å². The third kappa shape index (κ3) is 3.73. The topological polar surface area (TPSA) is 44.1 Å². The predicted octanol–water partition coefficient (Wildman–Crippen LogP) is 6.06. The van der Waals surface area contributed by atoms with E-state index in [-0.39, 0.29) is 0 Å². The summed E-state index contributed by atoms with van der Waals surface area (Å²) in [5.41, 5.74) is 1.64. The standard InChI is InChI=1S/C19H15Cl3N2O2/c1-3-24-17(19(25)26-14-7-4-12(20)5-8-14)11(2)23-18(24)15-9-6-13(21)10-16(15)22/h4-10H,3H2,1-2H3. The molecule has 0 aliphatic rings. The van der Waals surface area contributed by atoms with Crippen molar-refractivity contribution in [3.05, 3.63) is 68.9 Å². The minimum Gasteiger partial charge on any atom is -0.422 e. The number of aromatic nitrogens is 2. The van der Waals surface area contributed by atoms with Gasteiger partial charge >= 0.3 is 5.97 Å². The van der Waals surface area contributed by atoms with Crippen molar-refractivity contribution >= 4 is 40.8 Å². The Morgan fingerprint density at radius 3 is 2.35 bits per heavy atom. The average Bonchev–Trinajstić information content (AvgIpc) is 2.93. The summed E-state index contributed by atoms with van der Waals surface area (Å²) in [6, 6.07) is 11.8. The van der Waals surface area contributed by atoms with Gasteiger partial charge in [-0.05, 0) is 56.3 Å². The third-order valence-corrected chi connectivity index (χ3v) is 4.65. The monoisotopic (exact) mass is 408 g/mol. The summed E-state index contributed by atoms with van der Waals surface area (Å²) in [5.74, 6) is 0.513. The van der Waals surface area contributed by atoms with Gasteiger partial charge in [0.25, 0.3) is 0 Å². The maximum atomic E-state index is 12.7. The summed E-state index contributed by atoms with van der Waals surface area (Å²) in [6.45, 7) is 4.21. The van der Waals surface area contributed by atoms with E-state index in [1.807, 2.05) is 6.92 Å². The zero-order valence-electron chi connectivity index (χ0n) is 14.1. The van der Waals surface area contributed by atoms with Crippen LogP contribution in [-0.4, -0.2) is 15.5 Å². The van der Waals surface area contributed by atoms with E-state index < -0.39 is 5.97 Å². The van der Waals surface area contributed by atoms with E-state index in [1.54, 1.807) is 54.0 Å². The van der Waals surface area contributed by atoms with Gasteiger partial charge in [-0.3, -0.25) is 0 Å². The molecule has 26 heavy (non-hydrogen) atoms. The second-order valence-electron chi connectivity index (χ2n) is 5.58. The molecule has 4 nitrogen and oxygen atoms in total. The number of hydrogen-bond acceptors (Lipinski definition) is 3. The van der Waals surface area contributed by atoms with E-state index in [2.05, 4.69) is 4.98 Å². The van der Waals surface area contributed by atoms with Crippen molar-refractivity contribution in [3.8, 4) is 17.1 Å². The van der Waals surface area contributed by atoms with Crippen molar-refractivity contribution in [3.63, 3.8) is 0 Å². The highest BCUT2D eigenvalue weighted by atomic mass is 35.5. The number of esters is 1. The van der Waals surface area contributed by atoms with Gasteiger partial charge in [0.15, 0.2) is 5.69 Å². The molecule has 0 saturated heterocycles. The van der Waals surface area contributed by atoms with Crippen LogP contribution < -0.4 is 4.74 Å². The van der Waals surface area contributed by atoms with Crippen LogP contribution in [0, 0.1) is 6.92 Å². The van der Waals surface area contributed by atoms with Crippen LogP contribution in [0.3, 0.4) is 0 Å². The smallest absolute Gasteiger partial charge is 0.362 e. The molecule has 0 bridgehead atoms. The normalized spacial score (nSPS) is 10.8. The molecule has 1 aromatic heterocycles. The lowest BCUT2D eigenvalue weighted by molar-refractivity contribution is 0.0723. The Labute approximate surface area is 166 Å². The van der Waals surface area contributed by atoms with E-state index in [9.17, 15) is 4.79 Å². The van der Waals surface area contributed by atoms with Gasteiger partial charge in [0.1, 0.15) is 11.6 Å². The van der Waals surface area contributed by atoms with Gasteiger partial charge in [-0.2, -0.15) is 0 Å². The molecule has 0 aliphatic carbocycles. The molecule has 0 radical (unpaired) electrons. The summed E-state index contributed by atoms with van der Waals surface area (Å²) in [7, 11) is 0. The van der Waals surface area contributed by atoms with E-state index in [0.29, 0.717) is 50.1 Å². The number of rotatable bonds is 4. The van der Waals surface area contributed by atoms with Crippen LogP contribution in [0.5, 0.6) is 5.75 Å². The van der Waals surface area contributed by atoms with E-state index in [0.717, 1.165) is 0 Å². The Bertz CT molecular complexity index is 966. The number of benzene rings is 2. The fraction of sp³-hybridized carbons (Fsp3) is 0.158. The third-order valence-electron chi connectivity index (χ3n) is 3.85.